The molecule has 1 unspecified atom stereocenters. The van der Waals surface area contributed by atoms with E-state index in [1.807, 2.05) is 0 Å². The molecule has 3 aromatic rings. The van der Waals surface area contributed by atoms with Crippen molar-refractivity contribution < 1.29 is 13.5 Å². The van der Waals surface area contributed by atoms with Crippen LogP contribution in [0.5, 0.6) is 5.75 Å². The van der Waals surface area contributed by atoms with Gasteiger partial charge in [-0.15, -0.1) is 0 Å². The minimum absolute atomic E-state index is 0.0642. The summed E-state index contributed by atoms with van der Waals surface area (Å²) in [5.74, 6) is -0.540. The quantitative estimate of drug-likeness (QED) is 0.732. The maximum atomic E-state index is 13.5. The molecule has 2 heterocycles. The molecule has 0 bridgehead atoms. The molecule has 26 heavy (non-hydrogen) atoms. The first kappa shape index (κ1) is 17.8. The molecule has 1 atom stereocenters. The number of nitrogens with zero attached hydrogens (tertiary/aromatic N) is 2. The number of halogens is 2. The third-order valence-corrected chi connectivity index (χ3v) is 4.25. The van der Waals surface area contributed by atoms with Crippen LogP contribution in [0.1, 0.15) is 17.9 Å². The van der Waals surface area contributed by atoms with Crippen molar-refractivity contribution in [3.63, 3.8) is 0 Å². The SMILES string of the molecule is COc1ccc(C(CCn2c(=O)[nH]c3cccnc3c2=O)C(F)F)cc1. The second-order valence-corrected chi connectivity index (χ2v) is 5.79. The zero-order valence-electron chi connectivity index (χ0n) is 14.0. The van der Waals surface area contributed by atoms with Gasteiger partial charge in [0.2, 0.25) is 6.43 Å². The number of ether oxygens (including phenoxy) is 1. The van der Waals surface area contributed by atoms with Crippen LogP contribution in [-0.4, -0.2) is 28.1 Å². The molecule has 0 radical (unpaired) electrons. The first-order valence-electron chi connectivity index (χ1n) is 8.01. The van der Waals surface area contributed by atoms with Crippen molar-refractivity contribution in [1.29, 1.82) is 0 Å². The molecule has 0 aliphatic rings. The maximum Gasteiger partial charge on any atom is 0.328 e. The fourth-order valence-electron chi connectivity index (χ4n) is 2.84. The highest BCUT2D eigenvalue weighted by molar-refractivity contribution is 5.71. The number of hydrogen-bond donors (Lipinski definition) is 1. The van der Waals surface area contributed by atoms with E-state index in [4.69, 9.17) is 4.74 Å². The number of aromatic nitrogens is 3. The number of pyridine rings is 1. The standard InChI is InChI=1S/C18H17F2N3O3/c1-26-12-6-4-11(5-7-12)13(16(19)20)8-10-23-17(24)15-14(22-18(23)25)3-2-9-21-15/h2-7,9,13,16H,8,10H2,1H3,(H,22,25). The van der Waals surface area contributed by atoms with Gasteiger partial charge in [-0.05, 0) is 36.2 Å². The van der Waals surface area contributed by atoms with E-state index < -0.39 is 23.6 Å². The number of alkyl halides is 2. The third kappa shape index (κ3) is 3.49. The Morgan fingerprint density at radius 2 is 1.92 bits per heavy atom. The molecule has 1 aromatic carbocycles. The number of methoxy groups -OCH3 is 1. The van der Waals surface area contributed by atoms with Crippen LogP contribution in [0.3, 0.4) is 0 Å². The van der Waals surface area contributed by atoms with E-state index in [-0.39, 0.29) is 18.5 Å². The van der Waals surface area contributed by atoms with Crippen LogP contribution in [0.15, 0.2) is 52.2 Å². The Balaban J connectivity index is 1.89. The van der Waals surface area contributed by atoms with Gasteiger partial charge in [0.25, 0.3) is 5.56 Å². The molecule has 136 valence electrons. The number of nitrogens with one attached hydrogen (secondary N) is 1. The lowest BCUT2D eigenvalue weighted by Gasteiger charge is -2.17. The highest BCUT2D eigenvalue weighted by Crippen LogP contribution is 2.28. The molecule has 3 rings (SSSR count). The first-order valence-corrected chi connectivity index (χ1v) is 8.01. The lowest BCUT2D eigenvalue weighted by atomic mass is 9.96. The Kier molecular flexibility index (Phi) is 5.11. The van der Waals surface area contributed by atoms with E-state index in [2.05, 4.69) is 9.97 Å². The summed E-state index contributed by atoms with van der Waals surface area (Å²) in [4.78, 5) is 31.1. The Hall–Kier alpha value is -3.03. The van der Waals surface area contributed by atoms with Gasteiger partial charge in [0.05, 0.1) is 12.6 Å². The summed E-state index contributed by atoms with van der Waals surface area (Å²) in [5.41, 5.74) is -0.390. The molecule has 0 amide bonds. The van der Waals surface area contributed by atoms with Crippen LogP contribution in [0.4, 0.5) is 8.78 Å². The Labute approximate surface area is 147 Å². The van der Waals surface area contributed by atoms with Crippen molar-refractivity contribution in [2.24, 2.45) is 0 Å². The van der Waals surface area contributed by atoms with E-state index in [1.54, 1.807) is 36.4 Å². The molecule has 0 fully saturated rings. The third-order valence-electron chi connectivity index (χ3n) is 4.25. The minimum atomic E-state index is -2.63. The van der Waals surface area contributed by atoms with Crippen molar-refractivity contribution >= 4 is 11.0 Å². The number of H-pyrrole nitrogens is 1. The molecule has 2 aromatic heterocycles. The zero-order chi connectivity index (χ0) is 18.7. The summed E-state index contributed by atoms with van der Waals surface area (Å²) in [5, 5.41) is 0. The largest absolute Gasteiger partial charge is 0.497 e. The van der Waals surface area contributed by atoms with Gasteiger partial charge < -0.3 is 9.72 Å². The summed E-state index contributed by atoms with van der Waals surface area (Å²) in [6.45, 7) is -0.137. The summed E-state index contributed by atoms with van der Waals surface area (Å²) >= 11 is 0. The first-order chi connectivity index (χ1) is 12.5. The average molecular weight is 361 g/mol. The predicted octanol–water partition coefficient (Wildman–Crippen LogP) is 2.53. The van der Waals surface area contributed by atoms with Crippen LogP contribution in [0, 0.1) is 0 Å². The maximum absolute atomic E-state index is 13.5. The molecule has 6 nitrogen and oxygen atoms in total. The summed E-state index contributed by atoms with van der Waals surface area (Å²) < 4.78 is 33.0. The molecule has 0 spiro atoms. The van der Waals surface area contributed by atoms with Crippen LogP contribution in [0.25, 0.3) is 11.0 Å². The van der Waals surface area contributed by atoms with Gasteiger partial charge in [-0.25, -0.2) is 18.6 Å². The fourth-order valence-corrected chi connectivity index (χ4v) is 2.84. The Bertz CT molecular complexity index is 1010. The minimum Gasteiger partial charge on any atom is -0.497 e. The predicted molar refractivity (Wildman–Crippen MR) is 93.0 cm³/mol. The lowest BCUT2D eigenvalue weighted by Crippen LogP contribution is -2.36. The van der Waals surface area contributed by atoms with E-state index in [0.29, 0.717) is 16.8 Å². The second-order valence-electron chi connectivity index (χ2n) is 5.79. The molecule has 8 heteroatoms. The Morgan fingerprint density at radius 3 is 2.58 bits per heavy atom. The molecule has 0 aliphatic carbocycles. The second kappa shape index (κ2) is 7.47. The smallest absolute Gasteiger partial charge is 0.328 e. The van der Waals surface area contributed by atoms with Crippen LogP contribution in [0.2, 0.25) is 0 Å². The molecule has 1 N–H and O–H groups in total. The monoisotopic (exact) mass is 361 g/mol. The molecular formula is C18H17F2N3O3. The van der Waals surface area contributed by atoms with E-state index >= 15 is 0 Å². The van der Waals surface area contributed by atoms with Crippen molar-refractivity contribution in [2.45, 2.75) is 25.3 Å². The number of rotatable bonds is 6. The van der Waals surface area contributed by atoms with Crippen molar-refractivity contribution in [1.82, 2.24) is 14.5 Å². The van der Waals surface area contributed by atoms with Gasteiger partial charge in [-0.1, -0.05) is 12.1 Å². The van der Waals surface area contributed by atoms with Gasteiger partial charge in [-0.3, -0.25) is 9.36 Å². The Morgan fingerprint density at radius 1 is 1.19 bits per heavy atom. The lowest BCUT2D eigenvalue weighted by molar-refractivity contribution is 0.107. The van der Waals surface area contributed by atoms with Crippen LogP contribution in [-0.2, 0) is 6.54 Å². The molecule has 0 aliphatic heterocycles. The van der Waals surface area contributed by atoms with E-state index in [0.717, 1.165) is 4.57 Å². The van der Waals surface area contributed by atoms with Crippen LogP contribution < -0.4 is 16.0 Å². The summed E-state index contributed by atoms with van der Waals surface area (Å²) in [7, 11) is 1.49. The average Bonchev–Trinajstić information content (AvgIpc) is 2.64. The molecule has 0 saturated heterocycles. The van der Waals surface area contributed by atoms with E-state index in [9.17, 15) is 18.4 Å². The van der Waals surface area contributed by atoms with E-state index in [1.165, 1.54) is 13.3 Å². The van der Waals surface area contributed by atoms with Gasteiger partial charge >= 0.3 is 5.69 Å². The molecular weight excluding hydrogens is 344 g/mol. The summed E-state index contributed by atoms with van der Waals surface area (Å²) in [6.07, 6.45) is -1.26. The van der Waals surface area contributed by atoms with Crippen molar-refractivity contribution in [3.05, 3.63) is 69.0 Å². The van der Waals surface area contributed by atoms with Gasteiger partial charge in [0, 0.05) is 18.7 Å². The summed E-state index contributed by atoms with van der Waals surface area (Å²) in [6, 6.07) is 9.48. The fraction of sp³-hybridized carbons (Fsp3) is 0.278. The number of aromatic amines is 1. The van der Waals surface area contributed by atoms with Gasteiger partial charge in [0.15, 0.2) is 5.52 Å². The highest BCUT2D eigenvalue weighted by Gasteiger charge is 2.23. The number of benzene rings is 1. The zero-order valence-corrected chi connectivity index (χ0v) is 14.0. The highest BCUT2D eigenvalue weighted by atomic mass is 19.3. The number of fused-ring (bicyclic) bond motifs is 1. The normalized spacial score (nSPS) is 12.5. The van der Waals surface area contributed by atoms with Gasteiger partial charge in [0.1, 0.15) is 5.75 Å². The van der Waals surface area contributed by atoms with Crippen molar-refractivity contribution in [2.75, 3.05) is 7.11 Å². The number of hydrogen-bond acceptors (Lipinski definition) is 4. The van der Waals surface area contributed by atoms with Crippen LogP contribution >= 0.6 is 0 Å². The van der Waals surface area contributed by atoms with Gasteiger partial charge in [-0.2, -0.15) is 0 Å². The van der Waals surface area contributed by atoms with Crippen molar-refractivity contribution in [3.8, 4) is 5.75 Å². The molecule has 0 saturated carbocycles. The topological polar surface area (TPSA) is 77.0 Å².